The van der Waals surface area contributed by atoms with Crippen molar-refractivity contribution in [2.45, 2.75) is 19.9 Å². The van der Waals surface area contributed by atoms with Crippen LogP contribution in [0.1, 0.15) is 24.2 Å². The molecule has 17 heavy (non-hydrogen) atoms. The molecule has 2 unspecified atom stereocenters. The van der Waals surface area contributed by atoms with Gasteiger partial charge in [-0.2, -0.15) is 0 Å². The van der Waals surface area contributed by atoms with E-state index in [9.17, 15) is 9.90 Å². The molecular formula is C12H16BrNO3. The average Bonchev–Trinajstić information content (AvgIpc) is 2.30. The van der Waals surface area contributed by atoms with Crippen molar-refractivity contribution in [2.75, 3.05) is 6.61 Å². The van der Waals surface area contributed by atoms with Crippen molar-refractivity contribution in [3.05, 3.63) is 28.2 Å². The highest BCUT2D eigenvalue weighted by molar-refractivity contribution is 9.10. The van der Waals surface area contributed by atoms with Crippen molar-refractivity contribution >= 4 is 21.8 Å². The Hall–Kier alpha value is -1.07. The molecule has 0 saturated carbocycles. The molecule has 0 aliphatic carbocycles. The quantitative estimate of drug-likeness (QED) is 0.795. The van der Waals surface area contributed by atoms with E-state index < -0.39 is 0 Å². The summed E-state index contributed by atoms with van der Waals surface area (Å²) in [6.45, 7) is 3.66. The number of aromatic hydroxyl groups is 1. The summed E-state index contributed by atoms with van der Waals surface area (Å²) in [5.41, 5.74) is 0.219. The zero-order chi connectivity index (χ0) is 13.0. The Bertz CT molecular complexity index is 409. The van der Waals surface area contributed by atoms with Gasteiger partial charge in [0.25, 0.3) is 5.91 Å². The van der Waals surface area contributed by atoms with Crippen LogP contribution in [0.3, 0.4) is 0 Å². The summed E-state index contributed by atoms with van der Waals surface area (Å²) in [4.78, 5) is 11.9. The van der Waals surface area contributed by atoms with Crippen LogP contribution in [0.4, 0.5) is 0 Å². The third-order valence-corrected chi connectivity index (χ3v) is 3.20. The summed E-state index contributed by atoms with van der Waals surface area (Å²) in [5, 5.41) is 21.3. The van der Waals surface area contributed by atoms with Gasteiger partial charge in [0.2, 0.25) is 0 Å². The third-order valence-electron chi connectivity index (χ3n) is 2.70. The molecule has 0 aliphatic rings. The summed E-state index contributed by atoms with van der Waals surface area (Å²) in [6, 6.07) is 4.51. The fraction of sp³-hybridized carbons (Fsp3) is 0.417. The van der Waals surface area contributed by atoms with Crippen LogP contribution in [0.15, 0.2) is 22.7 Å². The molecule has 0 fully saturated rings. The number of halogens is 1. The highest BCUT2D eigenvalue weighted by Gasteiger charge is 2.17. The van der Waals surface area contributed by atoms with E-state index in [4.69, 9.17) is 5.11 Å². The summed E-state index contributed by atoms with van der Waals surface area (Å²) in [6.07, 6.45) is 0. The lowest BCUT2D eigenvalue weighted by Crippen LogP contribution is -2.38. The van der Waals surface area contributed by atoms with Crippen LogP contribution in [0, 0.1) is 5.92 Å². The molecule has 0 aromatic heterocycles. The molecule has 0 bridgehead atoms. The van der Waals surface area contributed by atoms with Gasteiger partial charge >= 0.3 is 0 Å². The second-order valence-electron chi connectivity index (χ2n) is 4.08. The fourth-order valence-electron chi connectivity index (χ4n) is 1.28. The van der Waals surface area contributed by atoms with Gasteiger partial charge in [-0.15, -0.1) is 0 Å². The fourth-order valence-corrected chi connectivity index (χ4v) is 1.64. The molecule has 0 heterocycles. The monoisotopic (exact) mass is 301 g/mol. The minimum atomic E-state index is -0.350. The van der Waals surface area contributed by atoms with E-state index in [-0.39, 0.29) is 35.8 Å². The molecule has 1 amide bonds. The van der Waals surface area contributed by atoms with Crippen molar-refractivity contribution < 1.29 is 15.0 Å². The van der Waals surface area contributed by atoms with E-state index in [0.29, 0.717) is 0 Å². The molecule has 1 aromatic carbocycles. The van der Waals surface area contributed by atoms with Gasteiger partial charge in [0.1, 0.15) is 5.75 Å². The minimum Gasteiger partial charge on any atom is -0.507 e. The number of benzene rings is 1. The summed E-state index contributed by atoms with van der Waals surface area (Å²) in [5.74, 6) is -0.445. The maximum Gasteiger partial charge on any atom is 0.255 e. The largest absolute Gasteiger partial charge is 0.507 e. The molecule has 0 saturated heterocycles. The first-order valence-electron chi connectivity index (χ1n) is 5.36. The van der Waals surface area contributed by atoms with Crippen LogP contribution >= 0.6 is 15.9 Å². The lowest BCUT2D eigenvalue weighted by Gasteiger charge is -2.19. The van der Waals surface area contributed by atoms with E-state index >= 15 is 0 Å². The SMILES string of the molecule is CC(CO)C(C)NC(=O)c1cc(Br)ccc1O. The smallest absolute Gasteiger partial charge is 0.255 e. The molecule has 94 valence electrons. The van der Waals surface area contributed by atoms with Gasteiger partial charge in [-0.05, 0) is 31.0 Å². The second-order valence-corrected chi connectivity index (χ2v) is 5.00. The lowest BCUT2D eigenvalue weighted by molar-refractivity contribution is 0.0913. The molecule has 1 aromatic rings. The number of rotatable bonds is 4. The summed E-state index contributed by atoms with van der Waals surface area (Å²) < 4.78 is 0.725. The molecule has 2 atom stereocenters. The van der Waals surface area contributed by atoms with Crippen molar-refractivity contribution in [1.82, 2.24) is 5.32 Å². The topological polar surface area (TPSA) is 69.6 Å². The number of hydrogen-bond acceptors (Lipinski definition) is 3. The molecule has 0 radical (unpaired) electrons. The van der Waals surface area contributed by atoms with E-state index in [1.165, 1.54) is 6.07 Å². The number of carbonyl (C=O) groups excluding carboxylic acids is 1. The van der Waals surface area contributed by atoms with Gasteiger partial charge in [-0.25, -0.2) is 0 Å². The van der Waals surface area contributed by atoms with Gasteiger partial charge in [0.05, 0.1) is 5.56 Å². The van der Waals surface area contributed by atoms with Crippen molar-refractivity contribution in [3.63, 3.8) is 0 Å². The molecule has 4 nitrogen and oxygen atoms in total. The minimum absolute atomic E-state index is 0.00587. The van der Waals surface area contributed by atoms with Crippen molar-refractivity contribution in [1.29, 1.82) is 0 Å². The van der Waals surface area contributed by atoms with E-state index in [1.54, 1.807) is 12.1 Å². The summed E-state index contributed by atoms with van der Waals surface area (Å²) >= 11 is 3.24. The van der Waals surface area contributed by atoms with Crippen molar-refractivity contribution in [2.24, 2.45) is 5.92 Å². The Labute approximate surface area is 109 Å². The van der Waals surface area contributed by atoms with Crippen LogP contribution < -0.4 is 5.32 Å². The standard InChI is InChI=1S/C12H16BrNO3/c1-7(6-15)8(2)14-12(17)10-5-9(13)3-4-11(10)16/h3-5,7-8,15-16H,6H2,1-2H3,(H,14,17). The number of nitrogens with one attached hydrogen (secondary N) is 1. The van der Waals surface area contributed by atoms with Crippen LogP contribution in [0.25, 0.3) is 0 Å². The van der Waals surface area contributed by atoms with Crippen LogP contribution in [-0.2, 0) is 0 Å². The third kappa shape index (κ3) is 3.71. The first-order valence-corrected chi connectivity index (χ1v) is 6.15. The van der Waals surface area contributed by atoms with Crippen LogP contribution in [-0.4, -0.2) is 28.8 Å². The van der Waals surface area contributed by atoms with Crippen LogP contribution in [0.2, 0.25) is 0 Å². The molecule has 0 aliphatic heterocycles. The van der Waals surface area contributed by atoms with E-state index in [0.717, 1.165) is 4.47 Å². The highest BCUT2D eigenvalue weighted by atomic mass is 79.9. The number of carbonyl (C=O) groups is 1. The predicted octanol–water partition coefficient (Wildman–Crippen LogP) is 1.90. The number of aliphatic hydroxyl groups is 1. The molecular weight excluding hydrogens is 286 g/mol. The lowest BCUT2D eigenvalue weighted by atomic mass is 10.0. The Morgan fingerprint density at radius 2 is 2.12 bits per heavy atom. The molecule has 1 rings (SSSR count). The van der Waals surface area contributed by atoms with Gasteiger partial charge in [-0.1, -0.05) is 22.9 Å². The molecule has 3 N–H and O–H groups in total. The van der Waals surface area contributed by atoms with Gasteiger partial charge in [0, 0.05) is 17.1 Å². The number of aliphatic hydroxyl groups excluding tert-OH is 1. The van der Waals surface area contributed by atoms with Crippen molar-refractivity contribution in [3.8, 4) is 5.75 Å². The first-order chi connectivity index (χ1) is 7.95. The Morgan fingerprint density at radius 3 is 2.71 bits per heavy atom. The van der Waals surface area contributed by atoms with E-state index in [2.05, 4.69) is 21.2 Å². The number of hydrogen-bond donors (Lipinski definition) is 3. The normalized spacial score (nSPS) is 14.1. The highest BCUT2D eigenvalue weighted by Crippen LogP contribution is 2.21. The van der Waals surface area contributed by atoms with Crippen LogP contribution in [0.5, 0.6) is 5.75 Å². The second kappa shape index (κ2) is 6.02. The van der Waals surface area contributed by atoms with Gasteiger partial charge < -0.3 is 15.5 Å². The zero-order valence-electron chi connectivity index (χ0n) is 9.77. The van der Waals surface area contributed by atoms with Gasteiger partial charge in [-0.3, -0.25) is 4.79 Å². The zero-order valence-corrected chi connectivity index (χ0v) is 11.4. The Morgan fingerprint density at radius 1 is 1.47 bits per heavy atom. The Balaban J connectivity index is 2.79. The van der Waals surface area contributed by atoms with E-state index in [1.807, 2.05) is 13.8 Å². The predicted molar refractivity (Wildman–Crippen MR) is 69.0 cm³/mol. The Kier molecular flexibility index (Phi) is 4.96. The maximum absolute atomic E-state index is 11.9. The number of amides is 1. The average molecular weight is 302 g/mol. The molecule has 5 heteroatoms. The molecule has 0 spiro atoms. The number of phenols is 1. The maximum atomic E-state index is 11.9. The number of phenolic OH excluding ortho intramolecular Hbond substituents is 1. The summed E-state index contributed by atoms with van der Waals surface area (Å²) in [7, 11) is 0. The van der Waals surface area contributed by atoms with Gasteiger partial charge in [0.15, 0.2) is 0 Å². The first kappa shape index (κ1) is 14.0.